The van der Waals surface area contributed by atoms with Crippen molar-refractivity contribution in [1.82, 2.24) is 4.57 Å². The van der Waals surface area contributed by atoms with Crippen LogP contribution < -0.4 is 0 Å². The molecule has 1 nitrogen and oxygen atoms in total. The van der Waals surface area contributed by atoms with Crippen LogP contribution in [-0.2, 0) is 0 Å². The summed E-state index contributed by atoms with van der Waals surface area (Å²) in [6.07, 6.45) is 6.41. The van der Waals surface area contributed by atoms with Gasteiger partial charge in [0.1, 0.15) is 0 Å². The fraction of sp³-hybridized carbons (Fsp3) is 0.0909. The van der Waals surface area contributed by atoms with Gasteiger partial charge in [0, 0.05) is 16.6 Å². The Hall–Kier alpha value is -4.10. The summed E-state index contributed by atoms with van der Waals surface area (Å²) in [4.78, 5) is 0. The molecule has 0 fully saturated rings. The predicted octanol–water partition coefficient (Wildman–Crippen LogP) is 9.04. The number of rotatable bonds is 5. The Balaban J connectivity index is 1.66. The Morgan fingerprint density at radius 2 is 1.38 bits per heavy atom. The van der Waals surface area contributed by atoms with Crippen molar-refractivity contribution in [3.8, 4) is 16.8 Å². The molecular weight excluding hydrogens is 410 g/mol. The third-order valence-corrected chi connectivity index (χ3v) is 6.58. The molecule has 0 saturated carbocycles. The van der Waals surface area contributed by atoms with Crippen LogP contribution in [0.5, 0.6) is 0 Å². The Kier molecular flexibility index (Phi) is 5.77. The van der Waals surface area contributed by atoms with E-state index in [-0.39, 0.29) is 0 Å². The highest BCUT2D eigenvalue weighted by atomic mass is 15.0. The van der Waals surface area contributed by atoms with Crippen LogP contribution in [0.15, 0.2) is 97.6 Å². The summed E-state index contributed by atoms with van der Waals surface area (Å²) in [7, 11) is 0. The van der Waals surface area contributed by atoms with Gasteiger partial charge < -0.3 is 4.57 Å². The van der Waals surface area contributed by atoms with Gasteiger partial charge in [-0.3, -0.25) is 0 Å². The third kappa shape index (κ3) is 3.91. The summed E-state index contributed by atoms with van der Waals surface area (Å²) in [5, 5.41) is 1.21. The van der Waals surface area contributed by atoms with Crippen molar-refractivity contribution in [2.75, 3.05) is 0 Å². The highest BCUT2D eigenvalue weighted by Crippen LogP contribution is 2.33. The van der Waals surface area contributed by atoms with Crippen LogP contribution in [0.2, 0.25) is 0 Å². The molecule has 0 aliphatic carbocycles. The van der Waals surface area contributed by atoms with Crippen LogP contribution in [0.3, 0.4) is 0 Å². The highest BCUT2D eigenvalue weighted by Gasteiger charge is 2.14. The molecule has 0 atom stereocenters. The van der Waals surface area contributed by atoms with E-state index in [0.29, 0.717) is 0 Å². The minimum absolute atomic E-state index is 1.14. The SMILES string of the molecule is C=Cc1c(/C=C\c2ccc(C)c(-c3ccccc3C)c2)n(-c2ccc(C)cc2)c2ccccc12. The number of nitrogens with zero attached hydrogens (tertiary/aromatic N) is 1. The van der Waals surface area contributed by atoms with Crippen LogP contribution in [0, 0.1) is 20.8 Å². The molecule has 5 rings (SSSR count). The van der Waals surface area contributed by atoms with Crippen LogP contribution in [0.25, 0.3) is 45.9 Å². The molecule has 0 bridgehead atoms. The van der Waals surface area contributed by atoms with Gasteiger partial charge in [-0.15, -0.1) is 0 Å². The largest absolute Gasteiger partial charge is 0.309 e. The fourth-order valence-electron chi connectivity index (χ4n) is 4.72. The first-order valence-corrected chi connectivity index (χ1v) is 11.7. The van der Waals surface area contributed by atoms with Gasteiger partial charge >= 0.3 is 0 Å². The second kappa shape index (κ2) is 9.03. The molecule has 166 valence electrons. The maximum absolute atomic E-state index is 4.15. The lowest BCUT2D eigenvalue weighted by molar-refractivity contribution is 1.10. The van der Waals surface area contributed by atoms with Crippen LogP contribution in [0.1, 0.15) is 33.5 Å². The molecule has 0 N–H and O–H groups in total. The smallest absolute Gasteiger partial charge is 0.0541 e. The summed E-state index contributed by atoms with van der Waals surface area (Å²) < 4.78 is 2.33. The molecule has 4 aromatic carbocycles. The lowest BCUT2D eigenvalue weighted by atomic mass is 9.95. The Bertz CT molecular complexity index is 1530. The number of para-hydroxylation sites is 1. The molecule has 0 aliphatic heterocycles. The zero-order valence-corrected chi connectivity index (χ0v) is 20.0. The molecule has 0 spiro atoms. The van der Waals surface area contributed by atoms with Crippen molar-refractivity contribution in [3.63, 3.8) is 0 Å². The molecule has 5 aromatic rings. The van der Waals surface area contributed by atoms with E-state index < -0.39 is 0 Å². The maximum Gasteiger partial charge on any atom is 0.0541 e. The van der Waals surface area contributed by atoms with E-state index in [2.05, 4.69) is 135 Å². The lowest BCUT2D eigenvalue weighted by Crippen LogP contribution is -1.97. The van der Waals surface area contributed by atoms with Crippen molar-refractivity contribution >= 4 is 29.1 Å². The van der Waals surface area contributed by atoms with E-state index in [1.807, 2.05) is 6.08 Å². The number of benzene rings is 4. The van der Waals surface area contributed by atoms with Crippen molar-refractivity contribution in [2.45, 2.75) is 20.8 Å². The summed E-state index contributed by atoms with van der Waals surface area (Å²) >= 11 is 0. The number of aromatic nitrogens is 1. The van der Waals surface area contributed by atoms with E-state index in [1.165, 1.54) is 44.3 Å². The topological polar surface area (TPSA) is 4.93 Å². The molecule has 0 unspecified atom stereocenters. The van der Waals surface area contributed by atoms with Crippen LogP contribution in [0.4, 0.5) is 0 Å². The second-order valence-electron chi connectivity index (χ2n) is 8.91. The van der Waals surface area contributed by atoms with E-state index in [1.54, 1.807) is 0 Å². The lowest BCUT2D eigenvalue weighted by Gasteiger charge is -2.11. The molecule has 0 amide bonds. The van der Waals surface area contributed by atoms with E-state index >= 15 is 0 Å². The van der Waals surface area contributed by atoms with Crippen molar-refractivity contribution in [2.24, 2.45) is 0 Å². The fourth-order valence-corrected chi connectivity index (χ4v) is 4.72. The average molecular weight is 440 g/mol. The monoisotopic (exact) mass is 439 g/mol. The quantitative estimate of drug-likeness (QED) is 0.257. The summed E-state index contributed by atoms with van der Waals surface area (Å²) in [6.45, 7) is 10.6. The zero-order chi connectivity index (χ0) is 23.7. The van der Waals surface area contributed by atoms with E-state index in [9.17, 15) is 0 Å². The highest BCUT2D eigenvalue weighted by molar-refractivity contribution is 5.96. The molecule has 34 heavy (non-hydrogen) atoms. The van der Waals surface area contributed by atoms with Gasteiger partial charge in [0.15, 0.2) is 0 Å². The van der Waals surface area contributed by atoms with Crippen molar-refractivity contribution < 1.29 is 0 Å². The first-order chi connectivity index (χ1) is 16.6. The predicted molar refractivity (Wildman–Crippen MR) is 148 cm³/mol. The van der Waals surface area contributed by atoms with Gasteiger partial charge in [-0.1, -0.05) is 91.0 Å². The number of hydrogen-bond donors (Lipinski definition) is 0. The van der Waals surface area contributed by atoms with Crippen molar-refractivity contribution in [1.29, 1.82) is 0 Å². The maximum atomic E-state index is 4.15. The van der Waals surface area contributed by atoms with Gasteiger partial charge in [0.2, 0.25) is 0 Å². The number of fused-ring (bicyclic) bond motifs is 1. The minimum Gasteiger partial charge on any atom is -0.309 e. The van der Waals surface area contributed by atoms with Crippen molar-refractivity contribution in [3.05, 3.63) is 131 Å². The first kappa shape index (κ1) is 21.7. The molecule has 1 heteroatoms. The van der Waals surface area contributed by atoms with Crippen LogP contribution >= 0.6 is 0 Å². The number of aryl methyl sites for hydroxylation is 3. The Morgan fingerprint density at radius 1 is 0.676 bits per heavy atom. The molecule has 0 radical (unpaired) electrons. The summed E-state index contributed by atoms with van der Waals surface area (Å²) in [6, 6.07) is 32.5. The summed E-state index contributed by atoms with van der Waals surface area (Å²) in [5.74, 6) is 0. The zero-order valence-electron chi connectivity index (χ0n) is 20.0. The Morgan fingerprint density at radius 3 is 2.15 bits per heavy atom. The molecule has 1 aromatic heterocycles. The molecule has 0 aliphatic rings. The van der Waals surface area contributed by atoms with Gasteiger partial charge in [0.25, 0.3) is 0 Å². The van der Waals surface area contributed by atoms with Gasteiger partial charge in [-0.05, 0) is 78.9 Å². The molecule has 1 heterocycles. The standard InChI is InChI=1S/C33H29N/c1-5-28-30-12-8-9-13-32(30)34(27-19-14-23(2)15-20-27)33(28)21-18-26-17-16-25(4)31(22-26)29-11-7-6-10-24(29)3/h5-22H,1H2,2-4H3/b21-18-. The Labute approximate surface area is 202 Å². The normalized spacial score (nSPS) is 11.4. The van der Waals surface area contributed by atoms with E-state index in [0.717, 1.165) is 16.9 Å². The minimum atomic E-state index is 1.14. The van der Waals surface area contributed by atoms with Crippen LogP contribution in [-0.4, -0.2) is 4.57 Å². The van der Waals surface area contributed by atoms with E-state index in [4.69, 9.17) is 0 Å². The summed E-state index contributed by atoms with van der Waals surface area (Å²) in [5.41, 5.74) is 12.2. The van der Waals surface area contributed by atoms with Gasteiger partial charge in [-0.2, -0.15) is 0 Å². The first-order valence-electron chi connectivity index (χ1n) is 11.7. The molecule has 0 saturated heterocycles. The average Bonchev–Trinajstić information content (AvgIpc) is 3.18. The van der Waals surface area contributed by atoms with Gasteiger partial charge in [-0.25, -0.2) is 0 Å². The molecular formula is C33H29N. The third-order valence-electron chi connectivity index (χ3n) is 6.58. The second-order valence-corrected chi connectivity index (χ2v) is 8.91. The number of hydrogen-bond acceptors (Lipinski definition) is 0. The van der Waals surface area contributed by atoms with Gasteiger partial charge in [0.05, 0.1) is 11.2 Å².